The third-order valence-corrected chi connectivity index (χ3v) is 7.92. The van der Waals surface area contributed by atoms with Crippen molar-refractivity contribution in [2.45, 2.75) is 17.1 Å². The molecule has 242 valence electrons. The molecule has 0 aromatic heterocycles. The van der Waals surface area contributed by atoms with Gasteiger partial charge in [0.2, 0.25) is 5.91 Å². The molecule has 0 aliphatic rings. The van der Waals surface area contributed by atoms with Crippen LogP contribution in [0.5, 0.6) is 17.2 Å². The molecule has 4 aromatic carbocycles. The number of carbonyl (C=O) groups is 4. The summed E-state index contributed by atoms with van der Waals surface area (Å²) >= 11 is 1.29. The van der Waals surface area contributed by atoms with Gasteiger partial charge in [-0.05, 0) is 67.6 Å². The lowest BCUT2D eigenvalue weighted by Gasteiger charge is -2.15. The molecular weight excluding hydrogens is 620 g/mol. The minimum Gasteiger partial charge on any atom is -0.496 e. The van der Waals surface area contributed by atoms with Gasteiger partial charge in [-0.25, -0.2) is 0 Å². The van der Waals surface area contributed by atoms with Crippen LogP contribution in [-0.4, -0.2) is 50.2 Å². The van der Waals surface area contributed by atoms with E-state index in [-0.39, 0.29) is 17.2 Å². The van der Waals surface area contributed by atoms with Gasteiger partial charge in [0, 0.05) is 27.8 Å². The van der Waals surface area contributed by atoms with Crippen molar-refractivity contribution < 1.29 is 33.4 Å². The van der Waals surface area contributed by atoms with Gasteiger partial charge in [0.05, 0.1) is 37.8 Å². The van der Waals surface area contributed by atoms with E-state index < -0.39 is 23.0 Å². The molecule has 0 spiro atoms. The Morgan fingerprint density at radius 3 is 2.02 bits per heavy atom. The van der Waals surface area contributed by atoms with Crippen LogP contribution in [0.1, 0.15) is 33.2 Å². The highest BCUT2D eigenvalue weighted by Crippen LogP contribution is 2.36. The molecule has 12 heteroatoms. The van der Waals surface area contributed by atoms with Gasteiger partial charge in [-0.2, -0.15) is 0 Å². The van der Waals surface area contributed by atoms with Gasteiger partial charge in [-0.3, -0.25) is 19.2 Å². The Labute approximate surface area is 276 Å². The Morgan fingerprint density at radius 2 is 1.38 bits per heavy atom. The second-order valence-electron chi connectivity index (χ2n) is 9.96. The van der Waals surface area contributed by atoms with Crippen molar-refractivity contribution >= 4 is 52.8 Å². The quantitative estimate of drug-likeness (QED) is 0.111. The standard InChI is InChI=1S/C35H34N4O7S/c1-21(33(41)38-27-13-9-8-12-26(27)32(36)40)47-25-16-14-24(15-17-25)37-35(43)28(39-34(42)22-10-6-5-7-11-22)18-23-19-30(45-3)31(46-4)20-29(23)44-2/h5-21H,1-4H3,(H2,36,40)(H,37,43)(H,38,41)(H,39,42)/b28-18-. The highest BCUT2D eigenvalue weighted by molar-refractivity contribution is 8.00. The van der Waals surface area contributed by atoms with E-state index in [0.29, 0.717) is 39.8 Å². The summed E-state index contributed by atoms with van der Waals surface area (Å²) in [5.74, 6) is -0.798. The van der Waals surface area contributed by atoms with Crippen LogP contribution in [0.4, 0.5) is 11.4 Å². The molecule has 0 saturated heterocycles. The lowest BCUT2D eigenvalue weighted by atomic mass is 10.1. The molecule has 0 saturated carbocycles. The van der Waals surface area contributed by atoms with Crippen LogP contribution < -0.4 is 35.9 Å². The molecule has 0 aliphatic heterocycles. The molecule has 5 N–H and O–H groups in total. The van der Waals surface area contributed by atoms with E-state index in [1.807, 2.05) is 0 Å². The lowest BCUT2D eigenvalue weighted by Crippen LogP contribution is -2.30. The van der Waals surface area contributed by atoms with Crippen molar-refractivity contribution in [1.29, 1.82) is 0 Å². The summed E-state index contributed by atoms with van der Waals surface area (Å²) in [7, 11) is 4.46. The predicted molar refractivity (Wildman–Crippen MR) is 182 cm³/mol. The summed E-state index contributed by atoms with van der Waals surface area (Å²) in [6.07, 6.45) is 1.48. The second-order valence-corrected chi connectivity index (χ2v) is 11.4. The summed E-state index contributed by atoms with van der Waals surface area (Å²) in [5, 5.41) is 7.75. The van der Waals surface area contributed by atoms with E-state index in [4.69, 9.17) is 19.9 Å². The van der Waals surface area contributed by atoms with Crippen molar-refractivity contribution in [3.05, 3.63) is 113 Å². The van der Waals surface area contributed by atoms with Crippen molar-refractivity contribution in [2.24, 2.45) is 5.73 Å². The molecule has 1 atom stereocenters. The summed E-state index contributed by atoms with van der Waals surface area (Å²) in [4.78, 5) is 52.0. The third kappa shape index (κ3) is 8.92. The van der Waals surface area contributed by atoms with Crippen LogP contribution in [0.2, 0.25) is 0 Å². The minimum atomic E-state index is -0.640. The fourth-order valence-corrected chi connectivity index (χ4v) is 5.25. The first kappa shape index (κ1) is 34.1. The Morgan fingerprint density at radius 1 is 0.766 bits per heavy atom. The molecule has 0 fully saturated rings. The number of methoxy groups -OCH3 is 3. The van der Waals surface area contributed by atoms with Gasteiger partial charge in [-0.1, -0.05) is 30.3 Å². The molecule has 0 heterocycles. The average Bonchev–Trinajstić information content (AvgIpc) is 3.08. The van der Waals surface area contributed by atoms with E-state index in [2.05, 4.69) is 16.0 Å². The monoisotopic (exact) mass is 654 g/mol. The molecule has 11 nitrogen and oxygen atoms in total. The molecule has 0 bridgehead atoms. The number of hydrogen-bond donors (Lipinski definition) is 4. The molecule has 4 rings (SSSR count). The number of hydrogen-bond acceptors (Lipinski definition) is 8. The zero-order chi connectivity index (χ0) is 33.9. The first-order valence-corrected chi connectivity index (χ1v) is 15.2. The first-order chi connectivity index (χ1) is 22.6. The zero-order valence-corrected chi connectivity index (χ0v) is 27.0. The molecule has 47 heavy (non-hydrogen) atoms. The van der Waals surface area contributed by atoms with Crippen molar-refractivity contribution in [2.75, 3.05) is 32.0 Å². The SMILES string of the molecule is COc1cc(OC)c(OC)cc1/C=C(\NC(=O)c1ccccc1)C(=O)Nc1ccc(SC(C)C(=O)Nc2ccccc2C(N)=O)cc1. The van der Waals surface area contributed by atoms with Crippen LogP contribution in [0, 0.1) is 0 Å². The number of rotatable bonds is 13. The number of nitrogens with one attached hydrogen (secondary N) is 3. The number of anilines is 2. The van der Waals surface area contributed by atoms with E-state index >= 15 is 0 Å². The summed E-state index contributed by atoms with van der Waals surface area (Å²) < 4.78 is 16.3. The Kier molecular flexibility index (Phi) is 11.6. The molecule has 0 radical (unpaired) electrons. The van der Waals surface area contributed by atoms with Crippen LogP contribution >= 0.6 is 11.8 Å². The maximum atomic E-state index is 13.6. The van der Waals surface area contributed by atoms with Gasteiger partial charge in [0.1, 0.15) is 11.4 Å². The number of para-hydroxylation sites is 1. The Bertz CT molecular complexity index is 1790. The van der Waals surface area contributed by atoms with Gasteiger partial charge in [-0.15, -0.1) is 11.8 Å². The van der Waals surface area contributed by atoms with Crippen LogP contribution in [0.25, 0.3) is 6.08 Å². The second kappa shape index (κ2) is 16.0. The number of primary amides is 1. The van der Waals surface area contributed by atoms with Crippen molar-refractivity contribution in [1.82, 2.24) is 5.32 Å². The maximum Gasteiger partial charge on any atom is 0.272 e. The lowest BCUT2D eigenvalue weighted by molar-refractivity contribution is -0.115. The number of carbonyl (C=O) groups excluding carboxylic acids is 4. The Hall–Kier alpha value is -5.75. The van der Waals surface area contributed by atoms with E-state index in [1.165, 1.54) is 39.2 Å². The zero-order valence-electron chi connectivity index (χ0n) is 26.2. The van der Waals surface area contributed by atoms with Crippen molar-refractivity contribution in [3.63, 3.8) is 0 Å². The summed E-state index contributed by atoms with van der Waals surface area (Å²) in [6, 6.07) is 25.1. The Balaban J connectivity index is 1.52. The van der Waals surface area contributed by atoms with Gasteiger partial charge >= 0.3 is 0 Å². The smallest absolute Gasteiger partial charge is 0.272 e. The van der Waals surface area contributed by atoms with Crippen molar-refractivity contribution in [3.8, 4) is 17.2 Å². The largest absolute Gasteiger partial charge is 0.496 e. The molecular formula is C35H34N4O7S. The van der Waals surface area contributed by atoms with E-state index in [0.717, 1.165) is 4.90 Å². The van der Waals surface area contributed by atoms with Crippen LogP contribution in [0.3, 0.4) is 0 Å². The summed E-state index contributed by atoms with van der Waals surface area (Å²) in [6.45, 7) is 1.73. The number of amides is 4. The number of nitrogens with two attached hydrogens (primary N) is 1. The van der Waals surface area contributed by atoms with E-state index in [1.54, 1.807) is 97.9 Å². The molecule has 4 aromatic rings. The maximum absolute atomic E-state index is 13.6. The van der Waals surface area contributed by atoms with Gasteiger partial charge in [0.15, 0.2) is 11.5 Å². The number of benzene rings is 4. The van der Waals surface area contributed by atoms with Crippen LogP contribution in [-0.2, 0) is 9.59 Å². The fourth-order valence-electron chi connectivity index (χ4n) is 4.38. The fraction of sp³-hybridized carbons (Fsp3) is 0.143. The van der Waals surface area contributed by atoms with Gasteiger partial charge < -0.3 is 35.9 Å². The molecule has 1 unspecified atom stereocenters. The molecule has 4 amide bonds. The first-order valence-electron chi connectivity index (χ1n) is 14.3. The highest BCUT2D eigenvalue weighted by atomic mass is 32.2. The normalized spacial score (nSPS) is 11.5. The van der Waals surface area contributed by atoms with E-state index in [9.17, 15) is 19.2 Å². The number of thioether (sulfide) groups is 1. The topological polar surface area (TPSA) is 158 Å². The third-order valence-electron chi connectivity index (χ3n) is 6.81. The molecule has 0 aliphatic carbocycles. The summed E-state index contributed by atoms with van der Waals surface area (Å²) in [5.41, 5.74) is 7.19. The average molecular weight is 655 g/mol. The number of ether oxygens (including phenoxy) is 3. The van der Waals surface area contributed by atoms with Gasteiger partial charge in [0.25, 0.3) is 17.7 Å². The minimum absolute atomic E-state index is 0.0515. The predicted octanol–water partition coefficient (Wildman–Crippen LogP) is 5.34. The van der Waals surface area contributed by atoms with Crippen LogP contribution in [0.15, 0.2) is 102 Å². The highest BCUT2D eigenvalue weighted by Gasteiger charge is 2.20.